The number of ether oxygens (including phenoxy) is 3. The molecule has 1 amide bonds. The fourth-order valence-corrected chi connectivity index (χ4v) is 2.51. The van der Waals surface area contributed by atoms with Gasteiger partial charge >= 0.3 is 0 Å². The van der Waals surface area contributed by atoms with Crippen molar-refractivity contribution in [2.75, 3.05) is 21.3 Å². The van der Waals surface area contributed by atoms with E-state index in [0.717, 1.165) is 5.56 Å². The molecular formula is C19H24N2O4. The van der Waals surface area contributed by atoms with Crippen LogP contribution in [0, 0.1) is 0 Å². The number of carbonyl (C=O) groups excluding carboxylic acids is 1. The van der Waals surface area contributed by atoms with Gasteiger partial charge in [-0.15, -0.1) is 0 Å². The van der Waals surface area contributed by atoms with Crippen LogP contribution in [0.15, 0.2) is 42.5 Å². The Morgan fingerprint density at radius 3 is 2.12 bits per heavy atom. The molecule has 0 aliphatic carbocycles. The van der Waals surface area contributed by atoms with E-state index in [1.807, 2.05) is 37.3 Å². The molecule has 2 aromatic carbocycles. The molecule has 0 radical (unpaired) electrons. The van der Waals surface area contributed by atoms with Crippen LogP contribution in [0.2, 0.25) is 0 Å². The highest BCUT2D eigenvalue weighted by atomic mass is 16.5. The van der Waals surface area contributed by atoms with E-state index in [1.54, 1.807) is 33.5 Å². The first-order valence-corrected chi connectivity index (χ1v) is 7.98. The summed E-state index contributed by atoms with van der Waals surface area (Å²) in [5.74, 6) is 1.61. The zero-order valence-electron chi connectivity index (χ0n) is 15.0. The topological polar surface area (TPSA) is 68.8 Å². The predicted molar refractivity (Wildman–Crippen MR) is 96.3 cm³/mol. The SMILES string of the molecule is COc1cc(CC(C)NNC(=O)c2ccccc2)cc(OC)c1OC. The highest BCUT2D eigenvalue weighted by Crippen LogP contribution is 2.38. The average molecular weight is 344 g/mol. The molecule has 2 N–H and O–H groups in total. The Morgan fingerprint density at radius 1 is 1.00 bits per heavy atom. The summed E-state index contributed by atoms with van der Waals surface area (Å²) in [6.45, 7) is 1.98. The molecule has 0 aliphatic heterocycles. The predicted octanol–water partition coefficient (Wildman–Crippen LogP) is 2.58. The number of hydrogen-bond donors (Lipinski definition) is 2. The molecule has 2 rings (SSSR count). The minimum absolute atomic E-state index is 0.00969. The first-order valence-electron chi connectivity index (χ1n) is 7.98. The van der Waals surface area contributed by atoms with E-state index in [0.29, 0.717) is 29.2 Å². The normalized spacial score (nSPS) is 11.5. The van der Waals surface area contributed by atoms with Crippen molar-refractivity contribution in [3.63, 3.8) is 0 Å². The molecule has 134 valence electrons. The Kier molecular flexibility index (Phi) is 6.65. The standard InChI is InChI=1S/C19H24N2O4/c1-13(20-21-19(22)15-8-6-5-7-9-15)10-14-11-16(23-2)18(25-4)17(12-14)24-3/h5-9,11-13,20H,10H2,1-4H3,(H,21,22). The maximum atomic E-state index is 12.1. The van der Waals surface area contributed by atoms with Crippen molar-refractivity contribution < 1.29 is 19.0 Å². The molecule has 0 saturated heterocycles. The summed E-state index contributed by atoms with van der Waals surface area (Å²) in [7, 11) is 4.75. The second kappa shape index (κ2) is 8.94. The number of amides is 1. The van der Waals surface area contributed by atoms with Gasteiger partial charge in [-0.3, -0.25) is 10.2 Å². The van der Waals surface area contributed by atoms with Crippen molar-refractivity contribution in [3.05, 3.63) is 53.6 Å². The summed E-state index contributed by atoms with van der Waals surface area (Å²) in [5, 5.41) is 0. The van der Waals surface area contributed by atoms with E-state index in [4.69, 9.17) is 14.2 Å². The van der Waals surface area contributed by atoms with Gasteiger partial charge in [-0.1, -0.05) is 18.2 Å². The van der Waals surface area contributed by atoms with Crippen LogP contribution in [-0.2, 0) is 6.42 Å². The highest BCUT2D eigenvalue weighted by Gasteiger charge is 2.15. The number of hydrogen-bond acceptors (Lipinski definition) is 5. The number of benzene rings is 2. The third kappa shape index (κ3) is 4.87. The van der Waals surface area contributed by atoms with Gasteiger partial charge in [-0.2, -0.15) is 0 Å². The first kappa shape index (κ1) is 18.6. The van der Waals surface area contributed by atoms with Crippen LogP contribution in [-0.4, -0.2) is 33.3 Å². The lowest BCUT2D eigenvalue weighted by molar-refractivity contribution is 0.0926. The average Bonchev–Trinajstić information content (AvgIpc) is 2.65. The molecule has 1 unspecified atom stereocenters. The maximum Gasteiger partial charge on any atom is 0.265 e. The van der Waals surface area contributed by atoms with Crippen LogP contribution < -0.4 is 25.1 Å². The maximum absolute atomic E-state index is 12.1. The second-order valence-corrected chi connectivity index (χ2v) is 5.60. The van der Waals surface area contributed by atoms with Gasteiger partial charge in [0.05, 0.1) is 21.3 Å². The van der Waals surface area contributed by atoms with Gasteiger partial charge in [0.25, 0.3) is 5.91 Å². The Labute approximate surface area is 148 Å². The molecule has 1 atom stereocenters. The van der Waals surface area contributed by atoms with E-state index >= 15 is 0 Å². The van der Waals surface area contributed by atoms with Crippen LogP contribution in [0.3, 0.4) is 0 Å². The zero-order chi connectivity index (χ0) is 18.2. The zero-order valence-corrected chi connectivity index (χ0v) is 15.0. The number of methoxy groups -OCH3 is 3. The minimum atomic E-state index is -0.169. The first-order chi connectivity index (χ1) is 12.1. The fraction of sp³-hybridized carbons (Fsp3) is 0.316. The molecular weight excluding hydrogens is 320 g/mol. The van der Waals surface area contributed by atoms with Crippen LogP contribution >= 0.6 is 0 Å². The lowest BCUT2D eigenvalue weighted by Crippen LogP contribution is -2.43. The molecule has 6 heteroatoms. The Hall–Kier alpha value is -2.73. The van der Waals surface area contributed by atoms with Crippen LogP contribution in [0.1, 0.15) is 22.8 Å². The largest absolute Gasteiger partial charge is 0.493 e. The lowest BCUT2D eigenvalue weighted by Gasteiger charge is -2.18. The fourth-order valence-electron chi connectivity index (χ4n) is 2.51. The summed E-state index contributed by atoms with van der Waals surface area (Å²) < 4.78 is 16.0. The molecule has 0 heterocycles. The van der Waals surface area contributed by atoms with Crippen molar-refractivity contribution in [1.29, 1.82) is 0 Å². The molecule has 0 spiro atoms. The molecule has 0 aromatic heterocycles. The van der Waals surface area contributed by atoms with Crippen LogP contribution in [0.25, 0.3) is 0 Å². The Morgan fingerprint density at radius 2 is 1.60 bits per heavy atom. The minimum Gasteiger partial charge on any atom is -0.493 e. The highest BCUT2D eigenvalue weighted by molar-refractivity contribution is 5.93. The Balaban J connectivity index is 2.00. The van der Waals surface area contributed by atoms with Crippen molar-refractivity contribution in [3.8, 4) is 17.2 Å². The van der Waals surface area contributed by atoms with Gasteiger partial charge < -0.3 is 14.2 Å². The van der Waals surface area contributed by atoms with Crippen molar-refractivity contribution in [2.24, 2.45) is 0 Å². The molecule has 0 aliphatic rings. The van der Waals surface area contributed by atoms with Crippen LogP contribution in [0.4, 0.5) is 0 Å². The summed E-state index contributed by atoms with van der Waals surface area (Å²) in [5.41, 5.74) is 7.35. The van der Waals surface area contributed by atoms with E-state index in [-0.39, 0.29) is 11.9 Å². The van der Waals surface area contributed by atoms with Gasteiger partial charge in [0.15, 0.2) is 11.5 Å². The van der Waals surface area contributed by atoms with E-state index in [1.165, 1.54) is 0 Å². The summed E-state index contributed by atoms with van der Waals surface area (Å²) >= 11 is 0. The molecule has 6 nitrogen and oxygen atoms in total. The van der Waals surface area contributed by atoms with E-state index < -0.39 is 0 Å². The summed E-state index contributed by atoms with van der Waals surface area (Å²) in [4.78, 5) is 12.1. The van der Waals surface area contributed by atoms with Gasteiger partial charge in [-0.25, -0.2) is 5.43 Å². The summed E-state index contributed by atoms with van der Waals surface area (Å²) in [6, 6.07) is 12.9. The second-order valence-electron chi connectivity index (χ2n) is 5.60. The van der Waals surface area contributed by atoms with Gasteiger partial charge in [0.2, 0.25) is 5.75 Å². The van der Waals surface area contributed by atoms with Crippen molar-refractivity contribution >= 4 is 5.91 Å². The monoisotopic (exact) mass is 344 g/mol. The van der Waals surface area contributed by atoms with Gasteiger partial charge in [-0.05, 0) is 43.2 Å². The third-order valence-electron chi connectivity index (χ3n) is 3.73. The third-order valence-corrected chi connectivity index (χ3v) is 3.73. The molecule has 25 heavy (non-hydrogen) atoms. The molecule has 0 saturated carbocycles. The van der Waals surface area contributed by atoms with E-state index in [9.17, 15) is 4.79 Å². The van der Waals surface area contributed by atoms with Gasteiger partial charge in [0, 0.05) is 11.6 Å². The number of nitrogens with one attached hydrogen (secondary N) is 2. The quantitative estimate of drug-likeness (QED) is 0.721. The molecule has 0 bridgehead atoms. The van der Waals surface area contributed by atoms with Crippen molar-refractivity contribution in [1.82, 2.24) is 10.9 Å². The van der Waals surface area contributed by atoms with E-state index in [2.05, 4.69) is 10.9 Å². The number of carbonyl (C=O) groups is 1. The molecule has 0 fully saturated rings. The lowest BCUT2D eigenvalue weighted by atomic mass is 10.1. The van der Waals surface area contributed by atoms with Gasteiger partial charge in [0.1, 0.15) is 0 Å². The number of hydrazine groups is 1. The van der Waals surface area contributed by atoms with Crippen molar-refractivity contribution in [2.45, 2.75) is 19.4 Å². The Bertz CT molecular complexity index is 679. The molecule has 2 aromatic rings. The summed E-state index contributed by atoms with van der Waals surface area (Å²) in [6.07, 6.45) is 0.672. The van der Waals surface area contributed by atoms with Crippen LogP contribution in [0.5, 0.6) is 17.2 Å². The smallest absolute Gasteiger partial charge is 0.265 e. The number of rotatable bonds is 8.